The maximum atomic E-state index is 11.5. The van der Waals surface area contributed by atoms with Crippen LogP contribution in [0.5, 0.6) is 0 Å². The van der Waals surface area contributed by atoms with Crippen molar-refractivity contribution in [2.24, 2.45) is 0 Å². The van der Waals surface area contributed by atoms with Gasteiger partial charge in [-0.05, 0) is 25.1 Å². The van der Waals surface area contributed by atoms with E-state index in [-0.39, 0.29) is 11.9 Å². The van der Waals surface area contributed by atoms with Crippen LogP contribution in [0.3, 0.4) is 0 Å². The molecule has 3 heteroatoms. The number of nitrogens with one attached hydrogen (secondary N) is 1. The van der Waals surface area contributed by atoms with Crippen molar-refractivity contribution >= 4 is 21.8 Å². The Morgan fingerprint density at radius 1 is 1.64 bits per heavy atom. The van der Waals surface area contributed by atoms with Crippen LogP contribution in [-0.2, 0) is 0 Å². The summed E-state index contributed by atoms with van der Waals surface area (Å²) in [5.74, 6) is 2.28. The van der Waals surface area contributed by atoms with Crippen molar-refractivity contribution in [1.82, 2.24) is 5.32 Å². The SMILES string of the molecule is C#CC(C)NC(=O)c1cccc(Br)c1. The predicted octanol–water partition coefficient (Wildman–Crippen LogP) is 2.20. The number of carbonyl (C=O) groups is 1. The highest BCUT2D eigenvalue weighted by Crippen LogP contribution is 2.11. The van der Waals surface area contributed by atoms with Gasteiger partial charge in [-0.2, -0.15) is 0 Å². The van der Waals surface area contributed by atoms with E-state index in [1.54, 1.807) is 25.1 Å². The van der Waals surface area contributed by atoms with Gasteiger partial charge in [0.1, 0.15) is 0 Å². The monoisotopic (exact) mass is 251 g/mol. The molecule has 1 unspecified atom stereocenters. The molecule has 0 heterocycles. The van der Waals surface area contributed by atoms with Crippen LogP contribution in [0.25, 0.3) is 0 Å². The molecule has 2 nitrogen and oxygen atoms in total. The molecule has 72 valence electrons. The van der Waals surface area contributed by atoms with Crippen LogP contribution in [0.15, 0.2) is 28.7 Å². The first-order chi connectivity index (χ1) is 6.63. The van der Waals surface area contributed by atoms with E-state index in [1.165, 1.54) is 0 Å². The second-order valence-electron chi connectivity index (χ2n) is 2.87. The minimum atomic E-state index is -0.249. The Morgan fingerprint density at radius 2 is 2.36 bits per heavy atom. The summed E-state index contributed by atoms with van der Waals surface area (Å²) in [4.78, 5) is 11.5. The van der Waals surface area contributed by atoms with Gasteiger partial charge in [-0.25, -0.2) is 0 Å². The highest BCUT2D eigenvalue weighted by atomic mass is 79.9. The van der Waals surface area contributed by atoms with Crippen molar-refractivity contribution in [3.05, 3.63) is 34.3 Å². The van der Waals surface area contributed by atoms with Crippen LogP contribution in [0, 0.1) is 12.3 Å². The van der Waals surface area contributed by atoms with E-state index in [1.807, 2.05) is 6.07 Å². The zero-order chi connectivity index (χ0) is 10.6. The third-order valence-electron chi connectivity index (χ3n) is 1.68. The maximum absolute atomic E-state index is 11.5. The fourth-order valence-corrected chi connectivity index (χ4v) is 1.35. The van der Waals surface area contributed by atoms with Crippen molar-refractivity contribution in [3.8, 4) is 12.3 Å². The highest BCUT2D eigenvalue weighted by molar-refractivity contribution is 9.10. The van der Waals surface area contributed by atoms with Gasteiger partial charge in [-0.15, -0.1) is 6.42 Å². The molecule has 1 N–H and O–H groups in total. The Balaban J connectivity index is 2.76. The molecule has 14 heavy (non-hydrogen) atoms. The molecule has 0 aliphatic heterocycles. The Bertz CT molecular complexity index is 381. The van der Waals surface area contributed by atoms with E-state index in [2.05, 4.69) is 27.2 Å². The lowest BCUT2D eigenvalue weighted by molar-refractivity contribution is 0.0948. The van der Waals surface area contributed by atoms with Crippen molar-refractivity contribution < 1.29 is 4.79 Å². The van der Waals surface area contributed by atoms with Gasteiger partial charge in [0.05, 0.1) is 6.04 Å². The predicted molar refractivity (Wildman–Crippen MR) is 59.9 cm³/mol. The van der Waals surface area contributed by atoms with Crippen LogP contribution in [0.2, 0.25) is 0 Å². The molecular weight excluding hydrogens is 242 g/mol. The summed E-state index contributed by atoms with van der Waals surface area (Å²) >= 11 is 3.29. The van der Waals surface area contributed by atoms with Crippen molar-refractivity contribution in [1.29, 1.82) is 0 Å². The molecule has 0 spiro atoms. The van der Waals surface area contributed by atoms with Gasteiger partial charge < -0.3 is 5.32 Å². The van der Waals surface area contributed by atoms with E-state index >= 15 is 0 Å². The number of rotatable bonds is 2. The number of terminal acetylenes is 1. The normalized spacial score (nSPS) is 11.5. The smallest absolute Gasteiger partial charge is 0.252 e. The molecule has 0 saturated carbocycles. The number of halogens is 1. The molecule has 0 aromatic heterocycles. The molecule has 1 aromatic carbocycles. The van der Waals surface area contributed by atoms with Gasteiger partial charge in [0.15, 0.2) is 0 Å². The van der Waals surface area contributed by atoms with Crippen molar-refractivity contribution in [3.63, 3.8) is 0 Å². The quantitative estimate of drug-likeness (QED) is 0.803. The zero-order valence-electron chi connectivity index (χ0n) is 7.75. The minimum absolute atomic E-state index is 0.156. The van der Waals surface area contributed by atoms with Crippen LogP contribution >= 0.6 is 15.9 Å². The summed E-state index contributed by atoms with van der Waals surface area (Å²) in [7, 11) is 0. The van der Waals surface area contributed by atoms with Gasteiger partial charge in [0.2, 0.25) is 0 Å². The number of hydrogen-bond donors (Lipinski definition) is 1. The molecule has 1 rings (SSSR count). The highest BCUT2D eigenvalue weighted by Gasteiger charge is 2.07. The third kappa shape index (κ3) is 2.90. The second kappa shape index (κ2) is 4.83. The average Bonchev–Trinajstić information content (AvgIpc) is 2.17. The lowest BCUT2D eigenvalue weighted by Gasteiger charge is -2.07. The third-order valence-corrected chi connectivity index (χ3v) is 2.18. The number of carbonyl (C=O) groups excluding carboxylic acids is 1. The molecule has 0 radical (unpaired) electrons. The van der Waals surface area contributed by atoms with Gasteiger partial charge in [0.25, 0.3) is 5.91 Å². The molecule has 0 aliphatic rings. The second-order valence-corrected chi connectivity index (χ2v) is 3.79. The summed E-state index contributed by atoms with van der Waals surface area (Å²) in [6, 6.07) is 6.91. The fourth-order valence-electron chi connectivity index (χ4n) is 0.951. The Kier molecular flexibility index (Phi) is 3.73. The first-order valence-corrected chi connectivity index (χ1v) is 4.95. The summed E-state index contributed by atoms with van der Waals surface area (Å²) in [6.07, 6.45) is 5.15. The largest absolute Gasteiger partial charge is 0.339 e. The lowest BCUT2D eigenvalue weighted by atomic mass is 10.2. The summed E-state index contributed by atoms with van der Waals surface area (Å²) in [5, 5.41) is 2.68. The van der Waals surface area contributed by atoms with Crippen LogP contribution < -0.4 is 5.32 Å². The Hall–Kier alpha value is -1.27. The Morgan fingerprint density at radius 3 is 2.93 bits per heavy atom. The topological polar surface area (TPSA) is 29.1 Å². The van der Waals surface area contributed by atoms with E-state index in [0.29, 0.717) is 5.56 Å². The fraction of sp³-hybridized carbons (Fsp3) is 0.182. The number of hydrogen-bond acceptors (Lipinski definition) is 1. The van der Waals surface area contributed by atoms with Gasteiger partial charge in [0, 0.05) is 10.0 Å². The molecule has 1 atom stereocenters. The molecular formula is C11H10BrNO. The molecule has 0 saturated heterocycles. The van der Waals surface area contributed by atoms with E-state index < -0.39 is 0 Å². The Labute approximate surface area is 91.8 Å². The summed E-state index contributed by atoms with van der Waals surface area (Å²) in [5.41, 5.74) is 0.599. The van der Waals surface area contributed by atoms with E-state index in [0.717, 1.165) is 4.47 Å². The number of benzene rings is 1. The zero-order valence-corrected chi connectivity index (χ0v) is 9.34. The molecule has 1 amide bonds. The molecule has 0 aliphatic carbocycles. The van der Waals surface area contributed by atoms with Crippen LogP contribution in [-0.4, -0.2) is 11.9 Å². The minimum Gasteiger partial charge on any atom is -0.339 e. The van der Waals surface area contributed by atoms with Crippen LogP contribution in [0.1, 0.15) is 17.3 Å². The number of amides is 1. The molecule has 0 bridgehead atoms. The summed E-state index contributed by atoms with van der Waals surface area (Å²) in [6.45, 7) is 1.76. The van der Waals surface area contributed by atoms with E-state index in [4.69, 9.17) is 6.42 Å². The first-order valence-electron chi connectivity index (χ1n) is 4.16. The first kappa shape index (κ1) is 10.8. The lowest BCUT2D eigenvalue weighted by Crippen LogP contribution is -2.31. The average molecular weight is 252 g/mol. The van der Waals surface area contributed by atoms with Gasteiger partial charge in [-0.3, -0.25) is 4.79 Å². The standard InChI is InChI=1S/C11H10BrNO/c1-3-8(2)13-11(14)9-5-4-6-10(12)7-9/h1,4-8H,2H3,(H,13,14). The van der Waals surface area contributed by atoms with Crippen molar-refractivity contribution in [2.75, 3.05) is 0 Å². The van der Waals surface area contributed by atoms with Crippen molar-refractivity contribution in [2.45, 2.75) is 13.0 Å². The van der Waals surface area contributed by atoms with Gasteiger partial charge in [-0.1, -0.05) is 27.9 Å². The maximum Gasteiger partial charge on any atom is 0.252 e. The van der Waals surface area contributed by atoms with Gasteiger partial charge >= 0.3 is 0 Å². The molecule has 0 fully saturated rings. The molecule has 1 aromatic rings. The van der Waals surface area contributed by atoms with Crippen LogP contribution in [0.4, 0.5) is 0 Å². The van der Waals surface area contributed by atoms with E-state index in [9.17, 15) is 4.79 Å². The summed E-state index contributed by atoms with van der Waals surface area (Å²) < 4.78 is 0.874.